The first kappa shape index (κ1) is 35.0. The van der Waals surface area contributed by atoms with E-state index in [1.807, 2.05) is 97.1 Å². The SMILES string of the molecule is CCNC(=O)c1ccccc1C(=O)O.[Cu+2].c1ccc2c(c1)-c1nc-2nc2[n-]c(nc3nc(nc4[n-]c(n1)c1ccccc41)-c1ccccc1-3)c1ccccc21. The average Bonchev–Trinajstić information content (AvgIpc) is 3.94. The van der Waals surface area contributed by atoms with Gasteiger partial charge in [-0.3, -0.25) is 4.79 Å². The maximum Gasteiger partial charge on any atom is 2.00 e. The molecule has 0 spiro atoms. The molecule has 0 atom stereocenters. The maximum atomic E-state index is 11.4. The molecule has 12 nitrogen and oxygen atoms in total. The van der Waals surface area contributed by atoms with Crippen LogP contribution in [0.3, 0.4) is 0 Å². The second-order valence-corrected chi connectivity index (χ2v) is 12.4. The summed E-state index contributed by atoms with van der Waals surface area (Å²) in [6, 6.07) is 38.0. The minimum atomic E-state index is -1.09. The normalized spacial score (nSPS) is 11.1. The molecule has 5 heterocycles. The van der Waals surface area contributed by atoms with Crippen molar-refractivity contribution in [2.24, 2.45) is 0 Å². The quantitative estimate of drug-likeness (QED) is 0.173. The molecule has 5 aromatic carbocycles. The summed E-state index contributed by atoms with van der Waals surface area (Å²) < 4.78 is 0. The standard InChI is InChI=1S/C32H16N8.C10H11NO3.Cu/c1-2-10-18-17(9-1)25-33-26(18)38-28-21-13-5-6-14-22(21)30(35-28)40-32-24-16-8-7-15-23(24)31(36-32)39-29-20-12-4-3-11-19(20)27(34-29)37-25;1-2-11-9(12)7-5-3-4-6-8(7)10(13)14;/h1-16H;3-6H,2H2,1H3,(H,11,12)(H,13,14);/q-2;;+2. The van der Waals surface area contributed by atoms with E-state index in [0.717, 1.165) is 43.8 Å². The van der Waals surface area contributed by atoms with Crippen molar-refractivity contribution in [3.63, 3.8) is 0 Å². The molecule has 269 valence electrons. The Morgan fingerprint density at radius 1 is 0.491 bits per heavy atom. The van der Waals surface area contributed by atoms with Crippen LogP contribution in [0.5, 0.6) is 0 Å². The number of carbonyl (C=O) groups excluding carboxylic acids is 1. The summed E-state index contributed by atoms with van der Waals surface area (Å²) in [7, 11) is 0. The summed E-state index contributed by atoms with van der Waals surface area (Å²) >= 11 is 0. The van der Waals surface area contributed by atoms with Gasteiger partial charge in [0.05, 0.1) is 34.4 Å². The van der Waals surface area contributed by atoms with Crippen LogP contribution >= 0.6 is 0 Å². The summed E-state index contributed by atoms with van der Waals surface area (Å²) in [5.41, 5.74) is 6.00. The van der Waals surface area contributed by atoms with Crippen molar-refractivity contribution in [3.8, 4) is 45.6 Å². The summed E-state index contributed by atoms with van der Waals surface area (Å²) in [6.45, 7) is 2.26. The second kappa shape index (κ2) is 14.4. The van der Waals surface area contributed by atoms with E-state index in [1.54, 1.807) is 19.1 Å². The number of amides is 1. The Bertz CT molecular complexity index is 2670. The molecule has 1 radical (unpaired) electrons. The zero-order valence-corrected chi connectivity index (χ0v) is 29.8. The summed E-state index contributed by atoms with van der Waals surface area (Å²) in [5.74, 6) is 0.761. The molecule has 55 heavy (non-hydrogen) atoms. The van der Waals surface area contributed by atoms with Gasteiger partial charge in [-0.05, 0) is 40.6 Å². The molecule has 0 saturated carbocycles. The number of rotatable bonds is 3. The van der Waals surface area contributed by atoms with Crippen molar-refractivity contribution in [3.05, 3.63) is 132 Å². The molecule has 2 aliphatic rings. The molecular formula is C42H27CuN9O3. The largest absolute Gasteiger partial charge is 2.00 e. The van der Waals surface area contributed by atoms with Gasteiger partial charge in [-0.1, -0.05) is 109 Å². The van der Waals surface area contributed by atoms with E-state index in [4.69, 9.17) is 45.0 Å². The summed E-state index contributed by atoms with van der Waals surface area (Å²) in [6.07, 6.45) is 0. The van der Waals surface area contributed by atoms with Crippen molar-refractivity contribution in [2.45, 2.75) is 6.92 Å². The number of carboxylic acid groups (broad SMARTS) is 1. The molecule has 2 aliphatic heterocycles. The number of hydrogen-bond acceptors (Lipinski definition) is 8. The first-order valence-corrected chi connectivity index (χ1v) is 17.2. The zero-order chi connectivity index (χ0) is 36.8. The Morgan fingerprint density at radius 2 is 0.800 bits per heavy atom. The smallest absolute Gasteiger partial charge is 0.478 e. The van der Waals surface area contributed by atoms with Crippen molar-refractivity contribution < 1.29 is 31.8 Å². The third-order valence-electron chi connectivity index (χ3n) is 9.07. The first-order valence-electron chi connectivity index (χ1n) is 17.2. The van der Waals surface area contributed by atoms with Gasteiger partial charge >= 0.3 is 23.0 Å². The second-order valence-electron chi connectivity index (χ2n) is 12.4. The van der Waals surface area contributed by atoms with Crippen LogP contribution in [0.4, 0.5) is 0 Å². The predicted octanol–water partition coefficient (Wildman–Crippen LogP) is 7.26. The van der Waals surface area contributed by atoms with E-state index < -0.39 is 5.97 Å². The Hall–Kier alpha value is -7.08. The molecule has 1 amide bonds. The van der Waals surface area contributed by atoms with E-state index in [0.29, 0.717) is 52.4 Å². The number of carboxylic acids is 1. The Labute approximate surface area is 323 Å². The molecule has 8 bridgehead atoms. The number of hydrogen-bond donors (Lipinski definition) is 2. The summed E-state index contributed by atoms with van der Waals surface area (Å²) in [4.78, 5) is 61.4. The van der Waals surface area contributed by atoms with E-state index >= 15 is 0 Å². The van der Waals surface area contributed by atoms with Crippen molar-refractivity contribution in [1.29, 1.82) is 0 Å². The van der Waals surface area contributed by atoms with Gasteiger partial charge in [0.2, 0.25) is 0 Å². The van der Waals surface area contributed by atoms with Crippen LogP contribution in [0.2, 0.25) is 0 Å². The monoisotopic (exact) mass is 768 g/mol. The van der Waals surface area contributed by atoms with Gasteiger partial charge in [0, 0.05) is 51.4 Å². The first-order chi connectivity index (χ1) is 26.5. The van der Waals surface area contributed by atoms with E-state index in [2.05, 4.69) is 5.32 Å². The van der Waals surface area contributed by atoms with Crippen molar-refractivity contribution in [1.82, 2.24) is 45.2 Å². The van der Waals surface area contributed by atoms with Crippen LogP contribution in [0.15, 0.2) is 121 Å². The van der Waals surface area contributed by atoms with Crippen molar-refractivity contribution in [2.75, 3.05) is 6.54 Å². The van der Waals surface area contributed by atoms with Crippen molar-refractivity contribution >= 4 is 56.0 Å². The minimum Gasteiger partial charge on any atom is -0.478 e. The molecule has 0 unspecified atom stereocenters. The fraction of sp³-hybridized carbons (Fsp3) is 0.0476. The fourth-order valence-corrected chi connectivity index (χ4v) is 6.58. The number of benzene rings is 5. The van der Waals surface area contributed by atoms with Crippen LogP contribution in [0.25, 0.3) is 89.7 Å². The van der Waals surface area contributed by atoms with E-state index in [1.165, 1.54) is 12.1 Å². The number of nitrogens with zero attached hydrogens (tertiary/aromatic N) is 8. The van der Waals surface area contributed by atoms with Crippen LogP contribution < -0.4 is 15.3 Å². The van der Waals surface area contributed by atoms with Gasteiger partial charge < -0.3 is 40.3 Å². The fourth-order valence-electron chi connectivity index (χ4n) is 6.58. The van der Waals surface area contributed by atoms with E-state index in [-0.39, 0.29) is 34.1 Å². The molecule has 0 saturated heterocycles. The van der Waals surface area contributed by atoms with Gasteiger partial charge in [0.15, 0.2) is 0 Å². The van der Waals surface area contributed by atoms with Gasteiger partial charge in [-0.2, -0.15) is 0 Å². The van der Waals surface area contributed by atoms with Crippen LogP contribution in [-0.4, -0.2) is 53.4 Å². The van der Waals surface area contributed by atoms with E-state index in [9.17, 15) is 9.59 Å². The van der Waals surface area contributed by atoms with Crippen LogP contribution in [0.1, 0.15) is 27.6 Å². The Kier molecular flexibility index (Phi) is 9.15. The topological polar surface area (TPSA) is 172 Å². The minimum absolute atomic E-state index is 0. The average molecular weight is 769 g/mol. The Morgan fingerprint density at radius 3 is 1.13 bits per heavy atom. The molecule has 13 heteroatoms. The molecule has 8 aromatic rings. The molecular weight excluding hydrogens is 742 g/mol. The molecule has 3 aromatic heterocycles. The van der Waals surface area contributed by atoms with Crippen LogP contribution in [0, 0.1) is 0 Å². The third kappa shape index (κ3) is 6.27. The third-order valence-corrected chi connectivity index (χ3v) is 9.07. The van der Waals surface area contributed by atoms with Gasteiger partial charge in [0.25, 0.3) is 5.91 Å². The predicted molar refractivity (Wildman–Crippen MR) is 205 cm³/mol. The maximum absolute atomic E-state index is 11.4. The number of nitrogens with one attached hydrogen (secondary N) is 1. The zero-order valence-electron chi connectivity index (χ0n) is 28.9. The molecule has 0 aliphatic carbocycles. The van der Waals surface area contributed by atoms with Gasteiger partial charge in [-0.15, -0.1) is 0 Å². The van der Waals surface area contributed by atoms with Crippen LogP contribution in [-0.2, 0) is 17.1 Å². The summed E-state index contributed by atoms with van der Waals surface area (Å²) in [5, 5.41) is 14.9. The Balaban J connectivity index is 0.000000244. The number of aromatic carboxylic acids is 1. The molecule has 0 fully saturated rings. The molecule has 2 N–H and O–H groups in total. The molecule has 10 rings (SSSR count). The van der Waals surface area contributed by atoms with Gasteiger partial charge in [0.1, 0.15) is 0 Å². The van der Waals surface area contributed by atoms with Gasteiger partial charge in [-0.25, -0.2) is 14.8 Å². The number of fused-ring (bicyclic) bond motifs is 20. The number of aromatic nitrogens is 8. The number of carbonyl (C=O) groups is 2.